The minimum Gasteiger partial charge on any atom is -0.411 e. The fraction of sp³-hybridized carbons (Fsp3) is 0.500. The van der Waals surface area contributed by atoms with Crippen molar-refractivity contribution >= 4 is 5.71 Å². The van der Waals surface area contributed by atoms with Gasteiger partial charge in [0.05, 0.1) is 11.8 Å². The molecule has 0 amide bonds. The third kappa shape index (κ3) is 1.84. The summed E-state index contributed by atoms with van der Waals surface area (Å²) in [6.07, 6.45) is 4.65. The summed E-state index contributed by atoms with van der Waals surface area (Å²) in [5.74, 6) is 0. The zero-order chi connectivity index (χ0) is 11.7. The zero-order valence-corrected chi connectivity index (χ0v) is 9.97. The number of likely N-dealkylation sites (tertiary alicyclic amines) is 1. The molecule has 2 aliphatic rings. The van der Waals surface area contributed by atoms with Crippen LogP contribution in [-0.4, -0.2) is 28.9 Å². The molecule has 17 heavy (non-hydrogen) atoms. The van der Waals surface area contributed by atoms with E-state index < -0.39 is 0 Å². The Hall–Kier alpha value is -1.35. The number of hydrogen-bond acceptors (Lipinski definition) is 3. The number of rotatable bonds is 1. The molecule has 3 rings (SSSR count). The maximum Gasteiger partial charge on any atom is 0.0831 e. The maximum atomic E-state index is 9.20. The van der Waals surface area contributed by atoms with Crippen LogP contribution < -0.4 is 0 Å². The van der Waals surface area contributed by atoms with Gasteiger partial charge < -0.3 is 5.21 Å². The lowest BCUT2D eigenvalue weighted by atomic mass is 10.0. The van der Waals surface area contributed by atoms with Crippen LogP contribution in [0.25, 0.3) is 0 Å². The molecule has 0 aromatic heterocycles. The Morgan fingerprint density at radius 3 is 2.65 bits per heavy atom. The Kier molecular flexibility index (Phi) is 2.85. The van der Waals surface area contributed by atoms with Crippen LogP contribution in [0.1, 0.15) is 36.4 Å². The van der Waals surface area contributed by atoms with Crippen molar-refractivity contribution in [2.45, 2.75) is 31.7 Å². The summed E-state index contributed by atoms with van der Waals surface area (Å²) in [5.41, 5.74) is 3.56. The predicted octanol–water partition coefficient (Wildman–Crippen LogP) is 2.60. The predicted molar refractivity (Wildman–Crippen MR) is 67.5 cm³/mol. The van der Waals surface area contributed by atoms with Gasteiger partial charge in [-0.1, -0.05) is 35.8 Å². The molecular weight excluding hydrogens is 212 g/mol. The summed E-state index contributed by atoms with van der Waals surface area (Å²) < 4.78 is 0. The number of fused-ring (bicyclic) bond motifs is 1. The van der Waals surface area contributed by atoms with Crippen LogP contribution in [0, 0.1) is 0 Å². The summed E-state index contributed by atoms with van der Waals surface area (Å²) in [4.78, 5) is 2.46. The molecule has 1 aliphatic heterocycles. The van der Waals surface area contributed by atoms with E-state index in [0.717, 1.165) is 25.2 Å². The highest BCUT2D eigenvalue weighted by Crippen LogP contribution is 2.35. The van der Waals surface area contributed by atoms with Crippen LogP contribution in [-0.2, 0) is 6.42 Å². The zero-order valence-electron chi connectivity index (χ0n) is 9.97. The van der Waals surface area contributed by atoms with Crippen molar-refractivity contribution in [2.24, 2.45) is 5.16 Å². The van der Waals surface area contributed by atoms with Crippen molar-refractivity contribution in [1.82, 2.24) is 4.90 Å². The monoisotopic (exact) mass is 230 g/mol. The number of benzene rings is 1. The molecular formula is C14H18N2O. The van der Waals surface area contributed by atoms with E-state index in [1.807, 2.05) is 0 Å². The van der Waals surface area contributed by atoms with Crippen molar-refractivity contribution in [1.29, 1.82) is 0 Å². The van der Waals surface area contributed by atoms with Gasteiger partial charge in [-0.15, -0.1) is 0 Å². The Balaban J connectivity index is 1.95. The lowest BCUT2D eigenvalue weighted by Crippen LogP contribution is -2.36. The lowest BCUT2D eigenvalue weighted by Gasteiger charge is -2.32. The Morgan fingerprint density at radius 1 is 1.12 bits per heavy atom. The van der Waals surface area contributed by atoms with Gasteiger partial charge >= 0.3 is 0 Å². The number of oxime groups is 1. The average molecular weight is 230 g/mol. The van der Waals surface area contributed by atoms with E-state index in [2.05, 4.69) is 34.3 Å². The first-order chi connectivity index (χ1) is 8.40. The van der Waals surface area contributed by atoms with Gasteiger partial charge in [-0.3, -0.25) is 4.90 Å². The summed E-state index contributed by atoms with van der Waals surface area (Å²) in [6, 6.07) is 8.68. The van der Waals surface area contributed by atoms with E-state index in [1.54, 1.807) is 0 Å². The quantitative estimate of drug-likeness (QED) is 0.594. The lowest BCUT2D eigenvalue weighted by molar-refractivity contribution is 0.199. The second-order valence-corrected chi connectivity index (χ2v) is 4.97. The molecule has 1 atom stereocenters. The van der Waals surface area contributed by atoms with Crippen molar-refractivity contribution in [3.05, 3.63) is 35.4 Å². The molecule has 0 unspecified atom stereocenters. The molecule has 1 fully saturated rings. The largest absolute Gasteiger partial charge is 0.411 e. The Labute approximate surface area is 102 Å². The minimum absolute atomic E-state index is 0.219. The van der Waals surface area contributed by atoms with Crippen molar-refractivity contribution in [3.8, 4) is 0 Å². The maximum absolute atomic E-state index is 9.20. The van der Waals surface area contributed by atoms with Crippen molar-refractivity contribution < 1.29 is 5.21 Å². The number of piperidine rings is 1. The van der Waals surface area contributed by atoms with Crippen LogP contribution in [0.3, 0.4) is 0 Å². The Bertz CT molecular complexity index is 436. The van der Waals surface area contributed by atoms with Gasteiger partial charge in [0, 0.05) is 6.42 Å². The third-order valence-electron chi connectivity index (χ3n) is 3.92. The fourth-order valence-electron chi connectivity index (χ4n) is 3.11. The molecule has 0 radical (unpaired) electrons. The first-order valence-corrected chi connectivity index (χ1v) is 6.43. The highest BCUT2D eigenvalue weighted by Gasteiger charge is 2.34. The minimum atomic E-state index is 0.219. The molecule has 0 saturated carbocycles. The molecule has 1 heterocycles. The van der Waals surface area contributed by atoms with E-state index in [9.17, 15) is 5.21 Å². The molecule has 1 aliphatic carbocycles. The number of hydrogen-bond donors (Lipinski definition) is 1. The standard InChI is InChI=1S/C14H18N2O/c17-15-13-10-11-6-2-3-7-12(11)14(13)16-8-4-1-5-9-16/h2-3,6-7,14,17H,1,4-5,8-10H2/b15-13-/t14-/m1/s1. The first-order valence-electron chi connectivity index (χ1n) is 6.43. The van der Waals surface area contributed by atoms with E-state index in [0.29, 0.717) is 0 Å². The average Bonchev–Trinajstić information content (AvgIpc) is 2.78. The van der Waals surface area contributed by atoms with Crippen molar-refractivity contribution in [3.63, 3.8) is 0 Å². The van der Waals surface area contributed by atoms with Gasteiger partial charge in [0.2, 0.25) is 0 Å². The van der Waals surface area contributed by atoms with Crippen molar-refractivity contribution in [2.75, 3.05) is 13.1 Å². The second kappa shape index (κ2) is 4.49. The molecule has 90 valence electrons. The van der Waals surface area contributed by atoms with Gasteiger partial charge in [-0.05, 0) is 37.1 Å². The summed E-state index contributed by atoms with van der Waals surface area (Å²) in [5, 5.41) is 12.7. The third-order valence-corrected chi connectivity index (χ3v) is 3.92. The number of nitrogens with zero attached hydrogens (tertiary/aromatic N) is 2. The van der Waals surface area contributed by atoms with Crippen LogP contribution in [0.15, 0.2) is 29.4 Å². The second-order valence-electron chi connectivity index (χ2n) is 4.97. The molecule has 1 aromatic carbocycles. The molecule has 0 spiro atoms. The first kappa shape index (κ1) is 10.8. The van der Waals surface area contributed by atoms with Gasteiger partial charge in [0.25, 0.3) is 0 Å². The fourth-order valence-corrected chi connectivity index (χ4v) is 3.11. The molecule has 1 N–H and O–H groups in total. The summed E-state index contributed by atoms with van der Waals surface area (Å²) in [6.45, 7) is 2.25. The highest BCUT2D eigenvalue weighted by atomic mass is 16.4. The molecule has 3 heteroatoms. The van der Waals surface area contributed by atoms with E-state index in [4.69, 9.17) is 0 Å². The smallest absolute Gasteiger partial charge is 0.0831 e. The molecule has 0 bridgehead atoms. The summed E-state index contributed by atoms with van der Waals surface area (Å²) >= 11 is 0. The van der Waals surface area contributed by atoms with Crippen LogP contribution in [0.2, 0.25) is 0 Å². The van der Waals surface area contributed by atoms with Crippen LogP contribution in [0.4, 0.5) is 0 Å². The molecule has 3 nitrogen and oxygen atoms in total. The molecule has 1 saturated heterocycles. The van der Waals surface area contributed by atoms with Gasteiger partial charge in [0.15, 0.2) is 0 Å². The van der Waals surface area contributed by atoms with E-state index in [-0.39, 0.29) is 6.04 Å². The van der Waals surface area contributed by atoms with E-state index >= 15 is 0 Å². The van der Waals surface area contributed by atoms with Crippen LogP contribution in [0.5, 0.6) is 0 Å². The van der Waals surface area contributed by atoms with Gasteiger partial charge in [-0.2, -0.15) is 0 Å². The SMILES string of the molecule is O/N=C1/Cc2ccccc2[C@H]1N1CCCCC1. The van der Waals surface area contributed by atoms with Crippen LogP contribution >= 0.6 is 0 Å². The normalized spacial score (nSPS) is 27.3. The summed E-state index contributed by atoms with van der Waals surface area (Å²) in [7, 11) is 0. The van der Waals surface area contributed by atoms with Gasteiger partial charge in [0.1, 0.15) is 0 Å². The van der Waals surface area contributed by atoms with E-state index in [1.165, 1.54) is 30.4 Å². The van der Waals surface area contributed by atoms with Gasteiger partial charge in [-0.25, -0.2) is 0 Å². The molecule has 1 aromatic rings. The highest BCUT2D eigenvalue weighted by molar-refractivity contribution is 5.96. The Morgan fingerprint density at radius 2 is 1.88 bits per heavy atom. The topological polar surface area (TPSA) is 35.8 Å².